The van der Waals surface area contributed by atoms with Gasteiger partial charge in [0, 0.05) is 22.8 Å². The molecule has 0 radical (unpaired) electrons. The first-order valence-corrected chi connectivity index (χ1v) is 13.0. The lowest BCUT2D eigenvalue weighted by molar-refractivity contribution is -0.140. The highest BCUT2D eigenvalue weighted by Crippen LogP contribution is 2.53. The summed E-state index contributed by atoms with van der Waals surface area (Å²) in [7, 11) is -4.08. The molecule has 0 bridgehead atoms. The first kappa shape index (κ1) is 24.0. The third-order valence-corrected chi connectivity index (χ3v) is 8.02. The lowest BCUT2D eigenvalue weighted by Crippen LogP contribution is -2.44. The van der Waals surface area contributed by atoms with Crippen LogP contribution in [0.25, 0.3) is 11.1 Å². The molecule has 1 saturated carbocycles. The maximum atomic E-state index is 13.2. The van der Waals surface area contributed by atoms with E-state index in [-0.39, 0.29) is 11.3 Å². The Morgan fingerprint density at radius 3 is 2.25 bits per heavy atom. The van der Waals surface area contributed by atoms with Crippen LogP contribution in [0.1, 0.15) is 17.9 Å². The summed E-state index contributed by atoms with van der Waals surface area (Å²) in [6.07, 6.45) is 3.50. The number of aromatic nitrogens is 1. The number of carboxylic acids is 1. The summed E-state index contributed by atoms with van der Waals surface area (Å²) in [4.78, 5) is 16.3. The second kappa shape index (κ2) is 9.39. The summed E-state index contributed by atoms with van der Waals surface area (Å²) < 4.78 is 28.8. The minimum atomic E-state index is -4.08. The molecule has 5 rings (SSSR count). The first-order chi connectivity index (χ1) is 17.3. The van der Waals surface area contributed by atoms with Gasteiger partial charge in [-0.3, -0.25) is 9.78 Å². The van der Waals surface area contributed by atoms with E-state index in [2.05, 4.69) is 15.0 Å². The monoisotopic (exact) mass is 519 g/mol. The molecule has 1 aliphatic carbocycles. The average Bonchev–Trinajstić information content (AvgIpc) is 3.60. The van der Waals surface area contributed by atoms with Crippen molar-refractivity contribution in [2.75, 3.05) is 5.32 Å². The number of anilines is 2. The molecule has 3 aromatic carbocycles. The summed E-state index contributed by atoms with van der Waals surface area (Å²) >= 11 is 5.94. The molecule has 3 N–H and O–H groups in total. The number of carboxylic acid groups (broad SMARTS) is 1. The Morgan fingerprint density at radius 1 is 0.944 bits per heavy atom. The maximum absolute atomic E-state index is 13.2. The molecule has 1 heterocycles. The van der Waals surface area contributed by atoms with E-state index in [1.54, 1.807) is 48.8 Å². The molecule has 1 aliphatic rings. The topological polar surface area (TPSA) is 108 Å². The second-order valence-corrected chi connectivity index (χ2v) is 10.8. The zero-order chi connectivity index (χ0) is 25.3. The van der Waals surface area contributed by atoms with Gasteiger partial charge < -0.3 is 10.4 Å². The Bertz CT molecular complexity index is 1510. The van der Waals surface area contributed by atoms with Crippen LogP contribution in [0.2, 0.25) is 5.02 Å². The molecule has 0 aliphatic heterocycles. The lowest BCUT2D eigenvalue weighted by Gasteiger charge is -2.16. The van der Waals surface area contributed by atoms with E-state index in [0.717, 1.165) is 28.1 Å². The van der Waals surface area contributed by atoms with Gasteiger partial charge in [-0.1, -0.05) is 48.0 Å². The van der Waals surface area contributed by atoms with Crippen LogP contribution >= 0.6 is 11.6 Å². The second-order valence-electron chi connectivity index (χ2n) is 8.66. The number of hydrogen-bond donors (Lipinski definition) is 3. The molecule has 1 fully saturated rings. The number of nitrogens with zero attached hydrogens (tertiary/aromatic N) is 1. The minimum Gasteiger partial charge on any atom is -0.480 e. The third kappa shape index (κ3) is 4.83. The molecular formula is C27H22ClN3O4S. The van der Waals surface area contributed by atoms with Crippen molar-refractivity contribution in [3.63, 3.8) is 0 Å². The van der Waals surface area contributed by atoms with Crippen LogP contribution < -0.4 is 10.0 Å². The molecular weight excluding hydrogens is 498 g/mol. The van der Waals surface area contributed by atoms with Crippen LogP contribution in [0.3, 0.4) is 0 Å². The molecule has 0 amide bonds. The highest BCUT2D eigenvalue weighted by atomic mass is 35.5. The van der Waals surface area contributed by atoms with Gasteiger partial charge >= 0.3 is 5.97 Å². The van der Waals surface area contributed by atoms with E-state index in [1.807, 2.05) is 36.4 Å². The van der Waals surface area contributed by atoms with Crippen molar-refractivity contribution in [1.29, 1.82) is 0 Å². The van der Waals surface area contributed by atoms with Gasteiger partial charge in [0.15, 0.2) is 0 Å². The Kier molecular flexibility index (Phi) is 6.26. The number of carbonyl (C=O) groups is 1. The largest absolute Gasteiger partial charge is 0.480 e. The normalized spacial score (nSPS) is 19.0. The number of nitrogens with one attached hydrogen (secondary N) is 2. The van der Waals surface area contributed by atoms with Gasteiger partial charge in [-0.15, -0.1) is 0 Å². The molecule has 0 saturated heterocycles. The number of benzene rings is 3. The van der Waals surface area contributed by atoms with Gasteiger partial charge in [-0.2, -0.15) is 4.72 Å². The summed E-state index contributed by atoms with van der Waals surface area (Å²) in [5, 5.41) is 13.8. The molecule has 0 spiro atoms. The number of pyridine rings is 1. The van der Waals surface area contributed by atoms with E-state index in [1.165, 1.54) is 12.1 Å². The molecule has 1 aromatic heterocycles. The third-order valence-electron chi connectivity index (χ3n) is 6.24. The molecule has 7 nitrogen and oxygen atoms in total. The van der Waals surface area contributed by atoms with Crippen molar-refractivity contribution >= 4 is 39.0 Å². The van der Waals surface area contributed by atoms with Crippen molar-refractivity contribution in [3.05, 3.63) is 108 Å². The standard InChI is InChI=1S/C27H22ClN3O4S/c28-21-10-6-18(7-11-21)19-8-12-24(13-9-19)36(34,35)31-27(26(32)33)16-25(27)20-3-1-4-22(15-20)30-23-5-2-14-29-17-23/h1-15,17,25,30-31H,16H2,(H,32,33). The summed E-state index contributed by atoms with van der Waals surface area (Å²) in [6.45, 7) is 0. The first-order valence-electron chi connectivity index (χ1n) is 11.2. The number of sulfonamides is 1. The molecule has 182 valence electrons. The van der Waals surface area contributed by atoms with Crippen molar-refractivity contribution in [1.82, 2.24) is 9.71 Å². The van der Waals surface area contributed by atoms with E-state index < -0.39 is 27.4 Å². The molecule has 2 unspecified atom stereocenters. The Hall–Kier alpha value is -3.72. The Morgan fingerprint density at radius 2 is 1.61 bits per heavy atom. The molecule has 9 heteroatoms. The molecule has 36 heavy (non-hydrogen) atoms. The van der Waals surface area contributed by atoms with Gasteiger partial charge in [0.05, 0.1) is 16.8 Å². The van der Waals surface area contributed by atoms with Crippen molar-refractivity contribution < 1.29 is 18.3 Å². The van der Waals surface area contributed by atoms with Crippen molar-refractivity contribution in [2.45, 2.75) is 22.8 Å². The smallest absolute Gasteiger partial charge is 0.325 e. The van der Waals surface area contributed by atoms with Gasteiger partial charge in [-0.25, -0.2) is 8.42 Å². The number of halogens is 1. The van der Waals surface area contributed by atoms with Crippen LogP contribution in [0.5, 0.6) is 0 Å². The molecule has 4 aromatic rings. The Balaban J connectivity index is 1.36. The zero-order valence-electron chi connectivity index (χ0n) is 18.9. The minimum absolute atomic E-state index is 0.00140. The summed E-state index contributed by atoms with van der Waals surface area (Å²) in [6, 6.07) is 24.5. The van der Waals surface area contributed by atoms with Crippen molar-refractivity contribution in [2.24, 2.45) is 0 Å². The predicted octanol–water partition coefficient (Wildman–Crippen LogP) is 5.43. The summed E-state index contributed by atoms with van der Waals surface area (Å²) in [5.74, 6) is -1.71. The van der Waals surface area contributed by atoms with Crippen LogP contribution in [-0.2, 0) is 14.8 Å². The van der Waals surface area contributed by atoms with Crippen LogP contribution in [0.15, 0.2) is 102 Å². The van der Waals surface area contributed by atoms with Crippen LogP contribution in [0.4, 0.5) is 11.4 Å². The van der Waals surface area contributed by atoms with E-state index >= 15 is 0 Å². The average molecular weight is 520 g/mol. The highest BCUT2D eigenvalue weighted by molar-refractivity contribution is 7.89. The Labute approximate surface area is 213 Å². The number of aliphatic carboxylic acids is 1. The van der Waals surface area contributed by atoms with E-state index in [0.29, 0.717) is 5.02 Å². The molecule has 2 atom stereocenters. The van der Waals surface area contributed by atoms with Crippen molar-refractivity contribution in [3.8, 4) is 11.1 Å². The fraction of sp³-hybridized carbons (Fsp3) is 0.111. The van der Waals surface area contributed by atoms with E-state index in [9.17, 15) is 18.3 Å². The summed E-state index contributed by atoms with van der Waals surface area (Å²) in [5.41, 5.74) is 2.37. The predicted molar refractivity (Wildman–Crippen MR) is 139 cm³/mol. The zero-order valence-corrected chi connectivity index (χ0v) is 20.5. The SMILES string of the molecule is O=C(O)C1(NS(=O)(=O)c2ccc(-c3ccc(Cl)cc3)cc2)CC1c1cccc(Nc2cccnc2)c1. The van der Waals surface area contributed by atoms with Gasteiger partial charge in [0.2, 0.25) is 10.0 Å². The quantitative estimate of drug-likeness (QED) is 0.286. The fourth-order valence-electron chi connectivity index (χ4n) is 4.26. The van der Waals surface area contributed by atoms with Crippen LogP contribution in [0, 0.1) is 0 Å². The van der Waals surface area contributed by atoms with E-state index in [4.69, 9.17) is 11.6 Å². The lowest BCUT2D eigenvalue weighted by atomic mass is 10.1. The highest BCUT2D eigenvalue weighted by Gasteiger charge is 2.63. The maximum Gasteiger partial charge on any atom is 0.325 e. The van der Waals surface area contributed by atoms with Gasteiger partial charge in [0.25, 0.3) is 0 Å². The fourth-order valence-corrected chi connectivity index (χ4v) is 5.79. The van der Waals surface area contributed by atoms with Gasteiger partial charge in [-0.05, 0) is 71.6 Å². The number of rotatable bonds is 8. The van der Waals surface area contributed by atoms with Gasteiger partial charge in [0.1, 0.15) is 5.54 Å². The van der Waals surface area contributed by atoms with Crippen LogP contribution in [-0.4, -0.2) is 30.0 Å². The number of hydrogen-bond acceptors (Lipinski definition) is 5.